The average molecular weight is 400 g/mol. The van der Waals surface area contributed by atoms with E-state index in [1.165, 1.54) is 6.92 Å². The highest BCUT2D eigenvalue weighted by Gasteiger charge is 2.38. The lowest BCUT2D eigenvalue weighted by Crippen LogP contribution is -2.56. The van der Waals surface area contributed by atoms with Gasteiger partial charge in [0.15, 0.2) is 0 Å². The van der Waals surface area contributed by atoms with E-state index in [1.54, 1.807) is 20.8 Å². The topological polar surface area (TPSA) is 168 Å². The molecule has 0 aromatic carbocycles. The third-order valence-corrected chi connectivity index (χ3v) is 3.97. The number of hydrogen-bond acceptors (Lipinski definition) is 6. The number of rotatable bonds is 7. The number of ether oxygens (including phenoxy) is 1. The van der Waals surface area contributed by atoms with Crippen molar-refractivity contribution in [2.24, 2.45) is 5.73 Å². The number of aliphatic carboxylic acids is 1. The Balaban J connectivity index is 2.81. The molecule has 0 radical (unpaired) electrons. The fraction of sp³-hybridized carbons (Fsp3) is 0.706. The summed E-state index contributed by atoms with van der Waals surface area (Å²) in [6, 6.07) is -3.41. The number of alkyl carbamates (subject to hydrolysis) is 1. The van der Waals surface area contributed by atoms with E-state index in [9.17, 15) is 29.1 Å². The molecule has 4 amide bonds. The van der Waals surface area contributed by atoms with Crippen LogP contribution in [-0.4, -0.2) is 70.1 Å². The van der Waals surface area contributed by atoms with Crippen LogP contribution in [0.1, 0.15) is 47.0 Å². The fourth-order valence-electron chi connectivity index (χ4n) is 2.74. The van der Waals surface area contributed by atoms with Gasteiger partial charge in [0.1, 0.15) is 23.7 Å². The second-order valence-electron chi connectivity index (χ2n) is 7.63. The molecule has 1 aliphatic rings. The summed E-state index contributed by atoms with van der Waals surface area (Å²) >= 11 is 0. The Labute approximate surface area is 162 Å². The fourth-order valence-corrected chi connectivity index (χ4v) is 2.74. The second kappa shape index (κ2) is 9.38. The minimum Gasteiger partial charge on any atom is -0.480 e. The van der Waals surface area contributed by atoms with E-state index >= 15 is 0 Å². The summed E-state index contributed by atoms with van der Waals surface area (Å²) < 4.78 is 5.05. The summed E-state index contributed by atoms with van der Waals surface area (Å²) in [4.78, 5) is 60.5. The summed E-state index contributed by atoms with van der Waals surface area (Å²) in [6.07, 6.45) is -0.531. The van der Waals surface area contributed by atoms with Gasteiger partial charge in [0.05, 0.1) is 6.42 Å². The maximum Gasteiger partial charge on any atom is 0.408 e. The molecule has 11 heteroatoms. The lowest BCUT2D eigenvalue weighted by molar-refractivity contribution is -0.149. The first kappa shape index (κ1) is 23.2. The Hall–Kier alpha value is -2.85. The number of nitrogens with one attached hydrogen (secondary N) is 2. The van der Waals surface area contributed by atoms with E-state index in [-0.39, 0.29) is 13.0 Å². The standard InChI is InChI=1S/C17H28N4O7/c1-9(19-16(27)28-17(2,3)4)13(23)20-10(8-12(18)22)14(24)21-7-5-6-11(21)15(25)26/h9-11H,5-8H2,1-4H3,(H2,18,22)(H,19,27)(H,20,23)(H,25,26). The molecule has 0 saturated carbocycles. The van der Waals surface area contributed by atoms with Crippen LogP contribution in [0.15, 0.2) is 0 Å². The zero-order valence-corrected chi connectivity index (χ0v) is 16.5. The molecular weight excluding hydrogens is 372 g/mol. The molecular formula is C17H28N4O7. The van der Waals surface area contributed by atoms with Gasteiger partial charge in [0, 0.05) is 6.54 Å². The number of carboxylic acids is 1. The van der Waals surface area contributed by atoms with Gasteiger partial charge in [-0.3, -0.25) is 14.4 Å². The van der Waals surface area contributed by atoms with Crippen LogP contribution < -0.4 is 16.4 Å². The highest BCUT2D eigenvalue weighted by atomic mass is 16.6. The molecule has 3 unspecified atom stereocenters. The normalized spacial score (nSPS) is 18.7. The lowest BCUT2D eigenvalue weighted by Gasteiger charge is -2.28. The number of nitrogens with two attached hydrogens (primary N) is 1. The summed E-state index contributed by atoms with van der Waals surface area (Å²) in [5, 5.41) is 13.9. The third-order valence-electron chi connectivity index (χ3n) is 3.97. The molecule has 0 aromatic heterocycles. The summed E-state index contributed by atoms with van der Waals surface area (Å²) in [7, 11) is 0. The molecule has 1 heterocycles. The number of likely N-dealkylation sites (tertiary alicyclic amines) is 1. The highest BCUT2D eigenvalue weighted by molar-refractivity contribution is 5.95. The van der Waals surface area contributed by atoms with E-state index in [4.69, 9.17) is 10.5 Å². The maximum absolute atomic E-state index is 12.7. The van der Waals surface area contributed by atoms with Gasteiger partial charge in [-0.1, -0.05) is 0 Å². The lowest BCUT2D eigenvalue weighted by atomic mass is 10.1. The van der Waals surface area contributed by atoms with Crippen molar-refractivity contribution in [2.75, 3.05) is 6.54 Å². The molecule has 0 aliphatic carbocycles. The smallest absolute Gasteiger partial charge is 0.408 e. The minimum atomic E-state index is -1.33. The zero-order chi connectivity index (χ0) is 21.6. The summed E-state index contributed by atoms with van der Waals surface area (Å²) in [5.41, 5.74) is 4.40. The molecule has 0 spiro atoms. The van der Waals surface area contributed by atoms with Crippen molar-refractivity contribution >= 4 is 29.8 Å². The third kappa shape index (κ3) is 7.05. The van der Waals surface area contributed by atoms with Crippen molar-refractivity contribution in [3.63, 3.8) is 0 Å². The molecule has 1 aliphatic heterocycles. The van der Waals surface area contributed by atoms with Gasteiger partial charge in [0.2, 0.25) is 17.7 Å². The van der Waals surface area contributed by atoms with Gasteiger partial charge in [-0.05, 0) is 40.5 Å². The van der Waals surface area contributed by atoms with Crippen LogP contribution >= 0.6 is 0 Å². The van der Waals surface area contributed by atoms with Crippen LogP contribution in [0.2, 0.25) is 0 Å². The first-order chi connectivity index (χ1) is 12.8. The van der Waals surface area contributed by atoms with Gasteiger partial charge >= 0.3 is 12.1 Å². The molecule has 0 bridgehead atoms. The molecule has 1 rings (SSSR count). The SMILES string of the molecule is CC(NC(=O)OC(C)(C)C)C(=O)NC(CC(N)=O)C(=O)N1CCCC1C(=O)O. The molecule has 158 valence electrons. The molecule has 5 N–H and O–H groups in total. The average Bonchev–Trinajstić information content (AvgIpc) is 3.00. The molecule has 28 heavy (non-hydrogen) atoms. The zero-order valence-electron chi connectivity index (χ0n) is 16.5. The van der Waals surface area contributed by atoms with Crippen molar-refractivity contribution < 1.29 is 33.8 Å². The summed E-state index contributed by atoms with van der Waals surface area (Å²) in [5.74, 6) is -3.44. The predicted octanol–water partition coefficient (Wildman–Crippen LogP) is -0.665. The number of primary amides is 1. The second-order valence-corrected chi connectivity index (χ2v) is 7.63. The maximum atomic E-state index is 12.7. The Bertz CT molecular complexity index is 644. The number of amides is 4. The van der Waals surface area contributed by atoms with Crippen LogP contribution in [0.4, 0.5) is 4.79 Å². The van der Waals surface area contributed by atoms with Gasteiger partial charge in [0.25, 0.3) is 0 Å². The molecule has 3 atom stereocenters. The van der Waals surface area contributed by atoms with Gasteiger partial charge < -0.3 is 31.1 Å². The predicted molar refractivity (Wildman–Crippen MR) is 96.9 cm³/mol. The van der Waals surface area contributed by atoms with Crippen molar-refractivity contribution in [1.29, 1.82) is 0 Å². The van der Waals surface area contributed by atoms with Crippen LogP contribution in [0.25, 0.3) is 0 Å². The number of nitrogens with zero attached hydrogens (tertiary/aromatic N) is 1. The van der Waals surface area contributed by atoms with Gasteiger partial charge in [-0.25, -0.2) is 9.59 Å². The Morgan fingerprint density at radius 3 is 2.32 bits per heavy atom. The van der Waals surface area contributed by atoms with Crippen LogP contribution in [0.5, 0.6) is 0 Å². The first-order valence-electron chi connectivity index (χ1n) is 8.93. The van der Waals surface area contributed by atoms with Gasteiger partial charge in [-0.15, -0.1) is 0 Å². The number of carbonyl (C=O) groups excluding carboxylic acids is 4. The summed E-state index contributed by atoms with van der Waals surface area (Å²) in [6.45, 7) is 6.56. The molecule has 0 aromatic rings. The molecule has 1 fully saturated rings. The van der Waals surface area contributed by atoms with Crippen LogP contribution in [0.3, 0.4) is 0 Å². The van der Waals surface area contributed by atoms with E-state index in [1.807, 2.05) is 0 Å². The first-order valence-corrected chi connectivity index (χ1v) is 8.93. The Morgan fingerprint density at radius 1 is 1.21 bits per heavy atom. The monoisotopic (exact) mass is 400 g/mol. The molecule has 11 nitrogen and oxygen atoms in total. The minimum absolute atomic E-state index is 0.201. The van der Waals surface area contributed by atoms with Crippen LogP contribution in [0, 0.1) is 0 Å². The van der Waals surface area contributed by atoms with Gasteiger partial charge in [-0.2, -0.15) is 0 Å². The van der Waals surface area contributed by atoms with Crippen molar-refractivity contribution in [2.45, 2.75) is 70.7 Å². The van der Waals surface area contributed by atoms with Crippen molar-refractivity contribution in [3.05, 3.63) is 0 Å². The number of hydrogen-bond donors (Lipinski definition) is 4. The van der Waals surface area contributed by atoms with Crippen LogP contribution in [-0.2, 0) is 23.9 Å². The van der Waals surface area contributed by atoms with E-state index in [0.717, 1.165) is 4.90 Å². The van der Waals surface area contributed by atoms with E-state index < -0.39 is 59.9 Å². The van der Waals surface area contributed by atoms with Crippen molar-refractivity contribution in [3.8, 4) is 0 Å². The van der Waals surface area contributed by atoms with E-state index in [2.05, 4.69) is 10.6 Å². The van der Waals surface area contributed by atoms with Crippen molar-refractivity contribution in [1.82, 2.24) is 15.5 Å². The number of carboxylic acid groups (broad SMARTS) is 1. The quantitative estimate of drug-likeness (QED) is 0.439. The number of carbonyl (C=O) groups is 5. The molecule has 1 saturated heterocycles. The largest absolute Gasteiger partial charge is 0.480 e. The highest BCUT2D eigenvalue weighted by Crippen LogP contribution is 2.19. The Kier molecular flexibility index (Phi) is 7.77. The Morgan fingerprint density at radius 2 is 1.82 bits per heavy atom. The van der Waals surface area contributed by atoms with E-state index in [0.29, 0.717) is 6.42 Å².